The lowest BCUT2D eigenvalue weighted by Gasteiger charge is -2.38. The van der Waals surface area contributed by atoms with Gasteiger partial charge >= 0.3 is 5.97 Å². The first-order valence-electron chi connectivity index (χ1n) is 13.3. The van der Waals surface area contributed by atoms with E-state index in [9.17, 15) is 9.90 Å². The van der Waals surface area contributed by atoms with E-state index in [2.05, 4.69) is 77.5 Å². The molecule has 196 valence electrons. The number of ether oxygens (including phenoxy) is 1. The number of aliphatic hydroxyl groups is 1. The van der Waals surface area contributed by atoms with E-state index in [1.165, 1.54) is 0 Å². The average molecular weight is 519 g/mol. The highest BCUT2D eigenvalue weighted by Crippen LogP contribution is 2.44. The first-order valence-corrected chi connectivity index (χ1v) is 13.3. The van der Waals surface area contributed by atoms with Crippen molar-refractivity contribution in [2.45, 2.75) is 31.8 Å². The summed E-state index contributed by atoms with van der Waals surface area (Å²) in [6.45, 7) is 2.15. The van der Waals surface area contributed by atoms with E-state index in [0.29, 0.717) is 18.5 Å². The monoisotopic (exact) mass is 518 g/mol. The van der Waals surface area contributed by atoms with Gasteiger partial charge in [0, 0.05) is 11.1 Å². The summed E-state index contributed by atoms with van der Waals surface area (Å²) >= 11 is 0. The maximum atomic E-state index is 12.9. The number of carbonyl (C=O) groups excluding carboxylic acids is 1. The molecule has 2 aromatic heterocycles. The van der Waals surface area contributed by atoms with E-state index < -0.39 is 11.5 Å². The Morgan fingerprint density at radius 2 is 1.46 bits per heavy atom. The molecule has 7 heteroatoms. The fourth-order valence-corrected chi connectivity index (χ4v) is 5.89. The van der Waals surface area contributed by atoms with Crippen molar-refractivity contribution in [1.29, 1.82) is 0 Å². The van der Waals surface area contributed by atoms with Gasteiger partial charge in [-0.2, -0.15) is 10.2 Å². The molecule has 0 radical (unpaired) electrons. The van der Waals surface area contributed by atoms with Crippen LogP contribution in [0.2, 0.25) is 0 Å². The Morgan fingerprint density at radius 3 is 1.97 bits per heavy atom. The van der Waals surface area contributed by atoms with E-state index >= 15 is 0 Å². The number of nitrogens with zero attached hydrogens (tertiary/aromatic N) is 4. The van der Waals surface area contributed by atoms with Gasteiger partial charge in [-0.15, -0.1) is 0 Å². The molecule has 0 spiro atoms. The minimum absolute atomic E-state index is 0.127. The first-order chi connectivity index (χ1) is 19.2. The quantitative estimate of drug-likeness (QED) is 0.235. The molecule has 0 saturated carbocycles. The molecule has 1 N–H and O–H groups in total. The van der Waals surface area contributed by atoms with Gasteiger partial charge in [0.05, 0.1) is 37.3 Å². The molecule has 0 atom stereocenters. The van der Waals surface area contributed by atoms with Crippen LogP contribution in [-0.2, 0) is 29.7 Å². The van der Waals surface area contributed by atoms with Crippen molar-refractivity contribution in [3.8, 4) is 11.3 Å². The van der Waals surface area contributed by atoms with E-state index in [4.69, 9.17) is 14.9 Å². The summed E-state index contributed by atoms with van der Waals surface area (Å²) in [5.41, 5.74) is 6.48. The third-order valence-corrected chi connectivity index (χ3v) is 7.46. The molecule has 39 heavy (non-hydrogen) atoms. The molecule has 6 rings (SSSR count). The van der Waals surface area contributed by atoms with Gasteiger partial charge in [0.15, 0.2) is 0 Å². The second-order valence-corrected chi connectivity index (χ2v) is 9.57. The molecule has 2 heterocycles. The van der Waals surface area contributed by atoms with Crippen LogP contribution in [0.3, 0.4) is 0 Å². The van der Waals surface area contributed by atoms with Crippen LogP contribution in [0.15, 0.2) is 97.2 Å². The number of fused-ring (bicyclic) bond motifs is 3. The number of esters is 1. The number of aliphatic hydroxyl groups excluding tert-OH is 1. The van der Waals surface area contributed by atoms with Crippen molar-refractivity contribution < 1.29 is 14.6 Å². The van der Waals surface area contributed by atoms with Gasteiger partial charge in [-0.3, -0.25) is 4.68 Å². The highest BCUT2D eigenvalue weighted by atomic mass is 16.5. The Kier molecular flexibility index (Phi) is 6.59. The van der Waals surface area contributed by atoms with Crippen LogP contribution in [0.5, 0.6) is 0 Å². The van der Waals surface area contributed by atoms with Crippen molar-refractivity contribution in [2.24, 2.45) is 0 Å². The predicted octanol–water partition coefficient (Wildman–Crippen LogP) is 4.85. The second kappa shape index (κ2) is 10.3. The first kappa shape index (κ1) is 24.8. The zero-order chi connectivity index (χ0) is 26.8. The summed E-state index contributed by atoms with van der Waals surface area (Å²) in [6, 6.07) is 31.4. The van der Waals surface area contributed by atoms with Crippen LogP contribution < -0.4 is 0 Å². The molecule has 7 nitrogen and oxygen atoms in total. The standard InChI is InChI=1S/C32H30N4O3/c1-2-39-31(38)30-26-18-19-28-27(29(26)34-35(30)20-21-37)22-33-36(28)32(23-12-6-3-7-13-23,24-14-8-4-9-15-24)25-16-10-5-11-17-25/h3-17,22,37H,2,18-21H2,1H3. The van der Waals surface area contributed by atoms with E-state index in [0.717, 1.165) is 39.2 Å². The van der Waals surface area contributed by atoms with Gasteiger partial charge in [0.25, 0.3) is 0 Å². The molecule has 0 saturated heterocycles. The third-order valence-electron chi connectivity index (χ3n) is 7.46. The van der Waals surface area contributed by atoms with Crippen LogP contribution in [0.1, 0.15) is 45.4 Å². The van der Waals surface area contributed by atoms with Gasteiger partial charge < -0.3 is 9.84 Å². The topological polar surface area (TPSA) is 82.2 Å². The molecule has 0 unspecified atom stereocenters. The van der Waals surface area contributed by atoms with E-state index in [1.54, 1.807) is 11.6 Å². The Labute approximate surface area is 227 Å². The molecule has 1 aliphatic carbocycles. The summed E-state index contributed by atoms with van der Waals surface area (Å²) in [5.74, 6) is -0.414. The van der Waals surface area contributed by atoms with E-state index in [1.807, 2.05) is 24.4 Å². The molecular formula is C32H30N4O3. The fraction of sp³-hybridized carbons (Fsp3) is 0.219. The Bertz CT molecular complexity index is 1490. The Morgan fingerprint density at radius 1 is 0.897 bits per heavy atom. The zero-order valence-electron chi connectivity index (χ0n) is 21.8. The second-order valence-electron chi connectivity index (χ2n) is 9.57. The number of aromatic nitrogens is 4. The highest BCUT2D eigenvalue weighted by Gasteiger charge is 2.42. The molecule has 0 fully saturated rings. The molecular weight excluding hydrogens is 488 g/mol. The number of rotatable bonds is 8. The Hall–Kier alpha value is -4.49. The number of hydrogen-bond acceptors (Lipinski definition) is 5. The van der Waals surface area contributed by atoms with Crippen molar-refractivity contribution in [3.63, 3.8) is 0 Å². The maximum absolute atomic E-state index is 12.9. The molecule has 3 aromatic carbocycles. The lowest BCUT2D eigenvalue weighted by Crippen LogP contribution is -2.40. The fourth-order valence-electron chi connectivity index (χ4n) is 5.89. The maximum Gasteiger partial charge on any atom is 0.356 e. The molecule has 0 amide bonds. The minimum Gasteiger partial charge on any atom is -0.461 e. The summed E-state index contributed by atoms with van der Waals surface area (Å²) in [6.07, 6.45) is 3.15. The van der Waals surface area contributed by atoms with Crippen molar-refractivity contribution in [3.05, 3.63) is 131 Å². The number of hydrogen-bond donors (Lipinski definition) is 1. The lowest BCUT2D eigenvalue weighted by molar-refractivity contribution is 0.0509. The summed E-state index contributed by atoms with van der Waals surface area (Å²) < 4.78 is 9.07. The minimum atomic E-state index is -0.730. The summed E-state index contributed by atoms with van der Waals surface area (Å²) in [7, 11) is 0. The average Bonchev–Trinajstić information content (AvgIpc) is 3.58. The van der Waals surface area contributed by atoms with Crippen molar-refractivity contribution in [2.75, 3.05) is 13.2 Å². The third kappa shape index (κ3) is 3.97. The van der Waals surface area contributed by atoms with Gasteiger partial charge in [0.2, 0.25) is 0 Å². The van der Waals surface area contributed by atoms with Gasteiger partial charge in [-0.05, 0) is 36.5 Å². The normalized spacial score (nSPS) is 12.6. The summed E-state index contributed by atoms with van der Waals surface area (Å²) in [4.78, 5) is 12.9. The van der Waals surface area contributed by atoms with Gasteiger partial charge in [-0.25, -0.2) is 9.48 Å². The smallest absolute Gasteiger partial charge is 0.356 e. The molecule has 0 bridgehead atoms. The SMILES string of the molecule is CCOC(=O)c1c2c(nn1CCO)-c1cnn(C(c3ccccc3)(c3ccccc3)c3ccccc3)c1CC2. The van der Waals surface area contributed by atoms with Gasteiger partial charge in [-0.1, -0.05) is 91.0 Å². The molecule has 5 aromatic rings. The predicted molar refractivity (Wildman–Crippen MR) is 149 cm³/mol. The zero-order valence-corrected chi connectivity index (χ0v) is 21.8. The highest BCUT2D eigenvalue weighted by molar-refractivity contribution is 5.92. The van der Waals surface area contributed by atoms with Crippen LogP contribution >= 0.6 is 0 Å². The molecule has 0 aliphatic heterocycles. The van der Waals surface area contributed by atoms with Crippen LogP contribution in [0.4, 0.5) is 0 Å². The largest absolute Gasteiger partial charge is 0.461 e. The summed E-state index contributed by atoms with van der Waals surface area (Å²) in [5, 5.41) is 19.5. The van der Waals surface area contributed by atoms with E-state index in [-0.39, 0.29) is 19.8 Å². The van der Waals surface area contributed by atoms with Crippen LogP contribution in [0, 0.1) is 0 Å². The van der Waals surface area contributed by atoms with Gasteiger partial charge in [0.1, 0.15) is 11.2 Å². The lowest BCUT2D eigenvalue weighted by atomic mass is 9.76. The van der Waals surface area contributed by atoms with Crippen molar-refractivity contribution in [1.82, 2.24) is 19.6 Å². The van der Waals surface area contributed by atoms with Crippen LogP contribution in [-0.4, -0.2) is 43.9 Å². The van der Waals surface area contributed by atoms with Crippen LogP contribution in [0.25, 0.3) is 11.3 Å². The Balaban J connectivity index is 1.63. The molecule has 1 aliphatic rings. The number of carbonyl (C=O) groups is 1. The van der Waals surface area contributed by atoms with Crippen molar-refractivity contribution >= 4 is 5.97 Å². The number of benzene rings is 3.